The van der Waals surface area contributed by atoms with Crippen molar-refractivity contribution in [3.8, 4) is 11.1 Å². The Kier molecular flexibility index (Phi) is 4.12. The zero-order valence-electron chi connectivity index (χ0n) is 12.1. The Labute approximate surface area is 125 Å². The van der Waals surface area contributed by atoms with Crippen molar-refractivity contribution < 1.29 is 0 Å². The average Bonchev–Trinajstić information content (AvgIpc) is 3.07. The number of hydrogen-bond acceptors (Lipinski definition) is 2. The van der Waals surface area contributed by atoms with Gasteiger partial charge in [0.2, 0.25) is 0 Å². The molecular weight excluding hydrogens is 258 g/mol. The summed E-state index contributed by atoms with van der Waals surface area (Å²) in [5.41, 5.74) is 4.89. The summed E-state index contributed by atoms with van der Waals surface area (Å²) in [7, 11) is 0. The lowest BCUT2D eigenvalue weighted by molar-refractivity contribution is 0.567. The SMILES string of the molecule is CC(NCc1ccn[nH]1)c1ccc(-c2ccccc2)cc1. The Bertz CT molecular complexity index is 657. The first-order valence-electron chi connectivity index (χ1n) is 7.20. The first-order valence-corrected chi connectivity index (χ1v) is 7.20. The summed E-state index contributed by atoms with van der Waals surface area (Å²) in [6.07, 6.45) is 1.77. The average molecular weight is 277 g/mol. The molecule has 2 N–H and O–H groups in total. The second-order valence-corrected chi connectivity index (χ2v) is 5.17. The Hall–Kier alpha value is -2.39. The van der Waals surface area contributed by atoms with E-state index < -0.39 is 0 Å². The van der Waals surface area contributed by atoms with E-state index in [9.17, 15) is 0 Å². The van der Waals surface area contributed by atoms with Crippen LogP contribution in [-0.4, -0.2) is 10.2 Å². The van der Waals surface area contributed by atoms with Gasteiger partial charge in [-0.2, -0.15) is 5.10 Å². The summed E-state index contributed by atoms with van der Waals surface area (Å²) in [6.45, 7) is 2.97. The summed E-state index contributed by atoms with van der Waals surface area (Å²) in [4.78, 5) is 0. The Morgan fingerprint density at radius 3 is 2.33 bits per heavy atom. The number of aromatic amines is 1. The van der Waals surface area contributed by atoms with Gasteiger partial charge < -0.3 is 5.32 Å². The first kappa shape index (κ1) is 13.6. The van der Waals surface area contributed by atoms with E-state index in [-0.39, 0.29) is 0 Å². The number of nitrogens with zero attached hydrogens (tertiary/aromatic N) is 1. The van der Waals surface area contributed by atoms with Crippen molar-refractivity contribution in [1.29, 1.82) is 0 Å². The molecule has 0 fully saturated rings. The van der Waals surface area contributed by atoms with Crippen LogP contribution in [0.25, 0.3) is 11.1 Å². The predicted molar refractivity (Wildman–Crippen MR) is 85.7 cm³/mol. The molecule has 106 valence electrons. The van der Waals surface area contributed by atoms with Gasteiger partial charge in [-0.3, -0.25) is 5.10 Å². The molecule has 1 aromatic heterocycles. The van der Waals surface area contributed by atoms with E-state index in [2.05, 4.69) is 71.0 Å². The molecule has 0 radical (unpaired) electrons. The van der Waals surface area contributed by atoms with Gasteiger partial charge in [-0.1, -0.05) is 54.6 Å². The van der Waals surface area contributed by atoms with Crippen molar-refractivity contribution in [2.24, 2.45) is 0 Å². The highest BCUT2D eigenvalue weighted by atomic mass is 15.1. The molecule has 3 heteroatoms. The summed E-state index contributed by atoms with van der Waals surface area (Å²) in [5.74, 6) is 0. The van der Waals surface area contributed by atoms with Gasteiger partial charge in [-0.15, -0.1) is 0 Å². The highest BCUT2D eigenvalue weighted by Crippen LogP contribution is 2.21. The molecule has 0 aliphatic heterocycles. The number of benzene rings is 2. The maximum absolute atomic E-state index is 3.95. The number of aromatic nitrogens is 2. The Morgan fingerprint density at radius 1 is 0.952 bits per heavy atom. The van der Waals surface area contributed by atoms with Crippen LogP contribution in [0.5, 0.6) is 0 Å². The summed E-state index contributed by atoms with van der Waals surface area (Å²) >= 11 is 0. The van der Waals surface area contributed by atoms with Gasteiger partial charge in [0, 0.05) is 24.5 Å². The number of rotatable bonds is 5. The summed E-state index contributed by atoms with van der Waals surface area (Å²) < 4.78 is 0. The number of H-pyrrole nitrogens is 1. The van der Waals surface area contributed by atoms with Crippen LogP contribution in [0.15, 0.2) is 66.9 Å². The Morgan fingerprint density at radius 2 is 1.67 bits per heavy atom. The molecule has 3 nitrogen and oxygen atoms in total. The fourth-order valence-electron chi connectivity index (χ4n) is 2.36. The molecule has 1 heterocycles. The van der Waals surface area contributed by atoms with E-state index in [1.165, 1.54) is 16.7 Å². The van der Waals surface area contributed by atoms with Gasteiger partial charge in [0.1, 0.15) is 0 Å². The maximum Gasteiger partial charge on any atom is 0.0490 e. The van der Waals surface area contributed by atoms with Gasteiger partial charge in [0.15, 0.2) is 0 Å². The topological polar surface area (TPSA) is 40.7 Å². The molecule has 3 aromatic rings. The van der Waals surface area contributed by atoms with E-state index in [0.717, 1.165) is 12.2 Å². The molecule has 0 bridgehead atoms. The zero-order valence-corrected chi connectivity index (χ0v) is 12.1. The molecule has 2 aromatic carbocycles. The maximum atomic E-state index is 3.95. The zero-order chi connectivity index (χ0) is 14.5. The first-order chi connectivity index (χ1) is 10.3. The van der Waals surface area contributed by atoms with Crippen molar-refractivity contribution in [3.63, 3.8) is 0 Å². The molecule has 0 saturated carbocycles. The van der Waals surface area contributed by atoms with Crippen LogP contribution in [0.3, 0.4) is 0 Å². The largest absolute Gasteiger partial charge is 0.305 e. The molecule has 1 unspecified atom stereocenters. The second-order valence-electron chi connectivity index (χ2n) is 5.17. The molecule has 0 saturated heterocycles. The fraction of sp³-hybridized carbons (Fsp3) is 0.167. The molecule has 0 aliphatic carbocycles. The fourth-order valence-corrected chi connectivity index (χ4v) is 2.36. The van der Waals surface area contributed by atoms with Gasteiger partial charge in [0.05, 0.1) is 0 Å². The van der Waals surface area contributed by atoms with Crippen LogP contribution in [0.2, 0.25) is 0 Å². The lowest BCUT2D eigenvalue weighted by Crippen LogP contribution is -2.18. The highest BCUT2D eigenvalue weighted by Gasteiger charge is 2.05. The normalized spacial score (nSPS) is 12.2. The third-order valence-corrected chi connectivity index (χ3v) is 3.67. The molecule has 21 heavy (non-hydrogen) atoms. The monoisotopic (exact) mass is 277 g/mol. The van der Waals surface area contributed by atoms with Gasteiger partial charge in [-0.25, -0.2) is 0 Å². The van der Waals surface area contributed by atoms with Crippen LogP contribution in [0, 0.1) is 0 Å². The standard InChI is InChI=1S/C18H19N3/c1-14(19-13-18-11-12-20-21-18)15-7-9-17(10-8-15)16-5-3-2-4-6-16/h2-12,14,19H,13H2,1H3,(H,20,21). The van der Waals surface area contributed by atoms with Gasteiger partial charge in [0.25, 0.3) is 0 Å². The van der Waals surface area contributed by atoms with Crippen LogP contribution >= 0.6 is 0 Å². The minimum Gasteiger partial charge on any atom is -0.305 e. The lowest BCUT2D eigenvalue weighted by atomic mass is 10.0. The van der Waals surface area contributed by atoms with E-state index in [1.807, 2.05) is 12.1 Å². The van der Waals surface area contributed by atoms with Crippen LogP contribution in [0.1, 0.15) is 24.2 Å². The highest BCUT2D eigenvalue weighted by molar-refractivity contribution is 5.63. The van der Waals surface area contributed by atoms with E-state index in [4.69, 9.17) is 0 Å². The van der Waals surface area contributed by atoms with E-state index >= 15 is 0 Å². The van der Waals surface area contributed by atoms with E-state index in [0.29, 0.717) is 6.04 Å². The minimum absolute atomic E-state index is 0.304. The van der Waals surface area contributed by atoms with Crippen LogP contribution in [-0.2, 0) is 6.54 Å². The molecule has 1 atom stereocenters. The van der Waals surface area contributed by atoms with Gasteiger partial charge >= 0.3 is 0 Å². The Balaban J connectivity index is 1.66. The van der Waals surface area contributed by atoms with Crippen LogP contribution < -0.4 is 5.32 Å². The van der Waals surface area contributed by atoms with Crippen molar-refractivity contribution in [1.82, 2.24) is 15.5 Å². The summed E-state index contributed by atoms with van der Waals surface area (Å²) in [5, 5.41) is 10.4. The van der Waals surface area contributed by atoms with E-state index in [1.54, 1.807) is 6.20 Å². The summed E-state index contributed by atoms with van der Waals surface area (Å²) in [6, 6.07) is 21.5. The quantitative estimate of drug-likeness (QED) is 0.742. The smallest absolute Gasteiger partial charge is 0.0490 e. The molecule has 0 spiro atoms. The second kappa shape index (κ2) is 6.37. The van der Waals surface area contributed by atoms with Crippen molar-refractivity contribution >= 4 is 0 Å². The molecule has 3 rings (SSSR count). The number of hydrogen-bond donors (Lipinski definition) is 2. The third kappa shape index (κ3) is 3.38. The molecule has 0 amide bonds. The minimum atomic E-state index is 0.304. The van der Waals surface area contributed by atoms with Crippen molar-refractivity contribution in [2.45, 2.75) is 19.5 Å². The lowest BCUT2D eigenvalue weighted by Gasteiger charge is -2.14. The predicted octanol–water partition coefficient (Wildman–Crippen LogP) is 3.93. The molecule has 0 aliphatic rings. The van der Waals surface area contributed by atoms with Crippen molar-refractivity contribution in [3.05, 3.63) is 78.1 Å². The molecular formula is C18H19N3. The third-order valence-electron chi connectivity index (χ3n) is 3.67. The van der Waals surface area contributed by atoms with Crippen molar-refractivity contribution in [2.75, 3.05) is 0 Å². The van der Waals surface area contributed by atoms with Crippen LogP contribution in [0.4, 0.5) is 0 Å². The number of nitrogens with one attached hydrogen (secondary N) is 2. The van der Waals surface area contributed by atoms with Gasteiger partial charge in [-0.05, 0) is 29.7 Å².